The van der Waals surface area contributed by atoms with Gasteiger partial charge in [-0.05, 0) is 6.42 Å². The molecule has 0 saturated carbocycles. The molecular formula is C9H19N7O. The molecule has 0 bridgehead atoms. The van der Waals surface area contributed by atoms with Crippen molar-refractivity contribution in [3.63, 3.8) is 0 Å². The SMILES string of the molecule is COCCNC(=NCCCn1ccnn1)NN. The van der Waals surface area contributed by atoms with Crippen LogP contribution in [0.4, 0.5) is 0 Å². The fraction of sp³-hybridized carbons (Fsp3) is 0.667. The highest BCUT2D eigenvalue weighted by Crippen LogP contribution is 1.88. The Balaban J connectivity index is 2.16. The molecule has 96 valence electrons. The molecule has 1 aromatic rings. The first kappa shape index (κ1) is 13.4. The van der Waals surface area contributed by atoms with Crippen LogP contribution in [0.1, 0.15) is 6.42 Å². The van der Waals surface area contributed by atoms with Gasteiger partial charge >= 0.3 is 0 Å². The van der Waals surface area contributed by atoms with E-state index < -0.39 is 0 Å². The summed E-state index contributed by atoms with van der Waals surface area (Å²) in [4.78, 5) is 4.27. The first-order valence-electron chi connectivity index (χ1n) is 5.44. The van der Waals surface area contributed by atoms with Gasteiger partial charge in [-0.3, -0.25) is 15.1 Å². The lowest BCUT2D eigenvalue weighted by molar-refractivity contribution is 0.203. The second-order valence-electron chi connectivity index (χ2n) is 3.31. The molecule has 0 fully saturated rings. The lowest BCUT2D eigenvalue weighted by Gasteiger charge is -2.08. The smallest absolute Gasteiger partial charge is 0.205 e. The van der Waals surface area contributed by atoms with Gasteiger partial charge in [0.05, 0.1) is 12.8 Å². The number of ether oxygens (including phenoxy) is 1. The molecule has 8 nitrogen and oxygen atoms in total. The van der Waals surface area contributed by atoms with Gasteiger partial charge in [0.15, 0.2) is 0 Å². The maximum atomic E-state index is 5.32. The van der Waals surface area contributed by atoms with Gasteiger partial charge in [-0.2, -0.15) is 0 Å². The van der Waals surface area contributed by atoms with E-state index >= 15 is 0 Å². The number of nitrogens with one attached hydrogen (secondary N) is 2. The summed E-state index contributed by atoms with van der Waals surface area (Å²) in [5.74, 6) is 5.89. The molecule has 0 aromatic carbocycles. The molecule has 0 spiro atoms. The van der Waals surface area contributed by atoms with Crippen molar-refractivity contribution in [2.24, 2.45) is 10.8 Å². The van der Waals surface area contributed by atoms with E-state index in [0.29, 0.717) is 25.7 Å². The van der Waals surface area contributed by atoms with Gasteiger partial charge in [0.1, 0.15) is 0 Å². The quantitative estimate of drug-likeness (QED) is 0.181. The third-order valence-corrected chi connectivity index (χ3v) is 2.02. The van der Waals surface area contributed by atoms with Crippen LogP contribution in [0.3, 0.4) is 0 Å². The molecule has 0 aliphatic carbocycles. The zero-order valence-corrected chi connectivity index (χ0v) is 9.96. The highest BCUT2D eigenvalue weighted by atomic mass is 16.5. The van der Waals surface area contributed by atoms with Gasteiger partial charge in [-0.1, -0.05) is 5.21 Å². The average molecular weight is 241 g/mol. The molecule has 0 aliphatic rings. The van der Waals surface area contributed by atoms with Crippen molar-refractivity contribution < 1.29 is 4.74 Å². The Kier molecular flexibility index (Phi) is 6.68. The molecule has 17 heavy (non-hydrogen) atoms. The van der Waals surface area contributed by atoms with E-state index in [0.717, 1.165) is 13.0 Å². The van der Waals surface area contributed by atoms with Gasteiger partial charge in [0.25, 0.3) is 0 Å². The molecule has 1 heterocycles. The zero-order chi connectivity index (χ0) is 12.3. The van der Waals surface area contributed by atoms with Crippen LogP contribution in [0, 0.1) is 0 Å². The molecule has 0 unspecified atom stereocenters. The van der Waals surface area contributed by atoms with Crippen LogP contribution in [0.25, 0.3) is 0 Å². The van der Waals surface area contributed by atoms with Crippen LogP contribution in [0.5, 0.6) is 0 Å². The highest BCUT2D eigenvalue weighted by Gasteiger charge is 1.95. The molecule has 1 aromatic heterocycles. The number of hydrogen-bond donors (Lipinski definition) is 3. The summed E-state index contributed by atoms with van der Waals surface area (Å²) < 4.78 is 6.67. The van der Waals surface area contributed by atoms with E-state index in [-0.39, 0.29) is 0 Å². The second-order valence-corrected chi connectivity index (χ2v) is 3.31. The van der Waals surface area contributed by atoms with E-state index in [2.05, 4.69) is 26.0 Å². The van der Waals surface area contributed by atoms with E-state index in [1.54, 1.807) is 18.0 Å². The van der Waals surface area contributed by atoms with Gasteiger partial charge in [0, 0.05) is 32.9 Å². The number of aromatic nitrogens is 3. The van der Waals surface area contributed by atoms with Crippen molar-refractivity contribution in [2.75, 3.05) is 26.8 Å². The fourth-order valence-corrected chi connectivity index (χ4v) is 1.20. The normalized spacial score (nSPS) is 11.5. The van der Waals surface area contributed by atoms with Crippen LogP contribution in [-0.2, 0) is 11.3 Å². The van der Waals surface area contributed by atoms with E-state index in [1.807, 2.05) is 6.20 Å². The van der Waals surface area contributed by atoms with Crippen molar-refractivity contribution in [2.45, 2.75) is 13.0 Å². The maximum Gasteiger partial charge on any atom is 0.205 e. The molecule has 0 saturated heterocycles. The van der Waals surface area contributed by atoms with Crippen LogP contribution in [0.15, 0.2) is 17.4 Å². The number of methoxy groups -OCH3 is 1. The van der Waals surface area contributed by atoms with E-state index in [9.17, 15) is 0 Å². The highest BCUT2D eigenvalue weighted by molar-refractivity contribution is 5.79. The van der Waals surface area contributed by atoms with Crippen LogP contribution in [0.2, 0.25) is 0 Å². The number of guanidine groups is 1. The van der Waals surface area contributed by atoms with Crippen molar-refractivity contribution in [3.05, 3.63) is 12.4 Å². The number of aryl methyl sites for hydroxylation is 1. The molecule has 8 heteroatoms. The lowest BCUT2D eigenvalue weighted by atomic mass is 10.4. The van der Waals surface area contributed by atoms with E-state index in [4.69, 9.17) is 10.6 Å². The number of hydrogen-bond acceptors (Lipinski definition) is 5. The molecule has 4 N–H and O–H groups in total. The number of nitrogens with zero attached hydrogens (tertiary/aromatic N) is 4. The number of rotatable bonds is 7. The summed E-state index contributed by atoms with van der Waals surface area (Å²) in [5, 5.41) is 10.6. The van der Waals surface area contributed by atoms with Gasteiger partial charge in [-0.15, -0.1) is 5.10 Å². The Labute approximate surface area is 100 Å². The maximum absolute atomic E-state index is 5.32. The van der Waals surface area contributed by atoms with Gasteiger partial charge in [-0.25, -0.2) is 5.84 Å². The standard InChI is InChI=1S/C9H19N7O/c1-17-8-5-12-9(14-10)11-3-2-6-16-7-4-13-15-16/h4,7H,2-3,5-6,8,10H2,1H3,(H2,11,12,14). The first-order chi connectivity index (χ1) is 8.36. The summed E-state index contributed by atoms with van der Waals surface area (Å²) in [5.41, 5.74) is 2.50. The Morgan fingerprint density at radius 1 is 1.59 bits per heavy atom. The summed E-state index contributed by atoms with van der Waals surface area (Å²) in [6, 6.07) is 0. The molecule has 0 radical (unpaired) electrons. The molecule has 0 amide bonds. The average Bonchev–Trinajstić information content (AvgIpc) is 2.85. The fourth-order valence-electron chi connectivity index (χ4n) is 1.20. The summed E-state index contributed by atoms with van der Waals surface area (Å²) >= 11 is 0. The minimum atomic E-state index is 0.570. The van der Waals surface area contributed by atoms with Crippen molar-refractivity contribution in [1.29, 1.82) is 0 Å². The van der Waals surface area contributed by atoms with Gasteiger partial charge < -0.3 is 10.1 Å². The monoisotopic (exact) mass is 241 g/mol. The van der Waals surface area contributed by atoms with Gasteiger partial charge in [0.2, 0.25) is 5.96 Å². The molecule has 0 aliphatic heterocycles. The first-order valence-corrected chi connectivity index (χ1v) is 5.44. The van der Waals surface area contributed by atoms with Crippen LogP contribution >= 0.6 is 0 Å². The Morgan fingerprint density at radius 3 is 3.12 bits per heavy atom. The van der Waals surface area contributed by atoms with Crippen molar-refractivity contribution in [1.82, 2.24) is 25.7 Å². The van der Waals surface area contributed by atoms with Crippen molar-refractivity contribution >= 4 is 5.96 Å². The zero-order valence-electron chi connectivity index (χ0n) is 9.96. The third-order valence-electron chi connectivity index (χ3n) is 2.02. The summed E-state index contributed by atoms with van der Waals surface area (Å²) in [6.45, 7) is 2.74. The second kappa shape index (κ2) is 8.48. The minimum absolute atomic E-state index is 0.570. The molecular weight excluding hydrogens is 222 g/mol. The topological polar surface area (TPSA) is 102 Å². The Morgan fingerprint density at radius 2 is 2.47 bits per heavy atom. The Hall–Kier alpha value is -1.67. The molecule has 0 atom stereocenters. The predicted molar refractivity (Wildman–Crippen MR) is 64.1 cm³/mol. The predicted octanol–water partition coefficient (Wildman–Crippen LogP) is -1.28. The summed E-state index contributed by atoms with van der Waals surface area (Å²) in [7, 11) is 1.65. The summed E-state index contributed by atoms with van der Waals surface area (Å²) in [6.07, 6.45) is 4.35. The van der Waals surface area contributed by atoms with Crippen LogP contribution in [-0.4, -0.2) is 47.8 Å². The van der Waals surface area contributed by atoms with Crippen molar-refractivity contribution in [3.8, 4) is 0 Å². The third kappa shape index (κ3) is 5.83. The Bertz CT molecular complexity index is 311. The lowest BCUT2D eigenvalue weighted by Crippen LogP contribution is -2.42. The largest absolute Gasteiger partial charge is 0.383 e. The van der Waals surface area contributed by atoms with E-state index in [1.165, 1.54) is 0 Å². The number of aliphatic imine (C=N–C) groups is 1. The number of hydrazine groups is 1. The van der Waals surface area contributed by atoms with Crippen LogP contribution < -0.4 is 16.6 Å². The molecule has 1 rings (SSSR count). The minimum Gasteiger partial charge on any atom is -0.383 e. The number of nitrogens with two attached hydrogens (primary N) is 1.